The summed E-state index contributed by atoms with van der Waals surface area (Å²) in [7, 11) is 2.09. The van der Waals surface area contributed by atoms with Gasteiger partial charge in [0.05, 0.1) is 0 Å². The van der Waals surface area contributed by atoms with Crippen molar-refractivity contribution in [3.05, 3.63) is 0 Å². The molecule has 2 unspecified atom stereocenters. The number of nitrogens with one attached hydrogen (secondary N) is 2. The largest absolute Gasteiger partial charge is 0.316 e. The lowest BCUT2D eigenvalue weighted by Gasteiger charge is -2.36. The molecular weight excluding hydrogens is 257 g/mol. The third-order valence-electron chi connectivity index (χ3n) is 3.83. The highest BCUT2D eigenvalue weighted by Crippen LogP contribution is 2.15. The molecule has 3 nitrogen and oxygen atoms in total. The first kappa shape index (κ1) is 17.5. The summed E-state index contributed by atoms with van der Waals surface area (Å²) in [5.74, 6) is 0.898. The summed E-state index contributed by atoms with van der Waals surface area (Å²) in [5, 5.41) is 6.92. The maximum atomic E-state index is 3.51. The van der Waals surface area contributed by atoms with Gasteiger partial charge in [-0.15, -0.1) is 24.8 Å². The van der Waals surface area contributed by atoms with Crippen molar-refractivity contribution in [3.8, 4) is 0 Å². The van der Waals surface area contributed by atoms with Gasteiger partial charge < -0.3 is 15.5 Å². The van der Waals surface area contributed by atoms with Crippen molar-refractivity contribution in [2.45, 2.75) is 31.7 Å². The van der Waals surface area contributed by atoms with Gasteiger partial charge in [0.1, 0.15) is 0 Å². The third-order valence-corrected chi connectivity index (χ3v) is 3.83. The van der Waals surface area contributed by atoms with Crippen LogP contribution in [0, 0.1) is 5.92 Å². The number of nitrogens with zero attached hydrogens (tertiary/aromatic N) is 1. The molecule has 0 amide bonds. The molecule has 0 saturated carbocycles. The molecule has 2 rings (SSSR count). The normalized spacial score (nSPS) is 30.2. The number of hydrogen-bond acceptors (Lipinski definition) is 3. The van der Waals surface area contributed by atoms with Gasteiger partial charge in [-0.2, -0.15) is 0 Å². The van der Waals surface area contributed by atoms with Crippen molar-refractivity contribution in [2.24, 2.45) is 5.92 Å². The van der Waals surface area contributed by atoms with Crippen molar-refractivity contribution in [3.63, 3.8) is 0 Å². The fraction of sp³-hybridized carbons (Fsp3) is 1.00. The molecule has 17 heavy (non-hydrogen) atoms. The molecule has 2 fully saturated rings. The Bertz CT molecular complexity index is 187. The molecule has 5 heteroatoms. The summed E-state index contributed by atoms with van der Waals surface area (Å²) in [4.78, 5) is 2.66. The van der Waals surface area contributed by atoms with E-state index in [1.807, 2.05) is 0 Å². The van der Waals surface area contributed by atoms with Crippen molar-refractivity contribution in [1.82, 2.24) is 15.5 Å². The fourth-order valence-corrected chi connectivity index (χ4v) is 2.90. The number of hydrogen-bond donors (Lipinski definition) is 2. The minimum Gasteiger partial charge on any atom is -0.316 e. The van der Waals surface area contributed by atoms with E-state index in [0.717, 1.165) is 12.0 Å². The van der Waals surface area contributed by atoms with Crippen LogP contribution >= 0.6 is 24.8 Å². The molecule has 2 N–H and O–H groups in total. The topological polar surface area (TPSA) is 27.3 Å². The molecule has 0 spiro atoms. The first-order valence-corrected chi connectivity index (χ1v) is 6.49. The van der Waals surface area contributed by atoms with Crippen LogP contribution in [-0.2, 0) is 0 Å². The average Bonchev–Trinajstić information content (AvgIpc) is 2.31. The van der Waals surface area contributed by atoms with E-state index in [4.69, 9.17) is 0 Å². The first-order chi connectivity index (χ1) is 7.38. The zero-order chi connectivity index (χ0) is 10.5. The van der Waals surface area contributed by atoms with Crippen molar-refractivity contribution in [1.29, 1.82) is 0 Å². The van der Waals surface area contributed by atoms with E-state index in [-0.39, 0.29) is 24.8 Å². The van der Waals surface area contributed by atoms with Crippen LogP contribution in [0.1, 0.15) is 25.7 Å². The number of halogens is 2. The molecular formula is C12H27Cl2N3. The molecule has 0 aromatic rings. The van der Waals surface area contributed by atoms with Crippen LogP contribution in [0.4, 0.5) is 0 Å². The van der Waals surface area contributed by atoms with Gasteiger partial charge in [0, 0.05) is 19.1 Å². The van der Waals surface area contributed by atoms with E-state index in [1.165, 1.54) is 58.4 Å². The summed E-state index contributed by atoms with van der Waals surface area (Å²) < 4.78 is 0. The predicted octanol–water partition coefficient (Wildman–Crippen LogP) is 1.51. The third kappa shape index (κ3) is 5.75. The molecule has 0 aromatic carbocycles. The number of piperidine rings is 2. The van der Waals surface area contributed by atoms with Crippen LogP contribution in [0.25, 0.3) is 0 Å². The van der Waals surface area contributed by atoms with Crippen LogP contribution in [0.5, 0.6) is 0 Å². The van der Waals surface area contributed by atoms with Crippen molar-refractivity contribution in [2.75, 3.05) is 39.8 Å². The van der Waals surface area contributed by atoms with Gasteiger partial charge in [-0.25, -0.2) is 0 Å². The second kappa shape index (κ2) is 9.40. The van der Waals surface area contributed by atoms with E-state index < -0.39 is 0 Å². The summed E-state index contributed by atoms with van der Waals surface area (Å²) in [5.41, 5.74) is 0. The summed E-state index contributed by atoms with van der Waals surface area (Å²) in [6.07, 6.45) is 5.52. The van der Waals surface area contributed by atoms with E-state index in [1.54, 1.807) is 0 Å². The number of likely N-dealkylation sites (N-methyl/N-ethyl adjacent to an activating group) is 1. The summed E-state index contributed by atoms with van der Waals surface area (Å²) >= 11 is 0. The van der Waals surface area contributed by atoms with Gasteiger partial charge in [0.2, 0.25) is 0 Å². The lowest BCUT2D eigenvalue weighted by molar-refractivity contribution is 0.157. The predicted molar refractivity (Wildman–Crippen MR) is 78.6 cm³/mol. The molecule has 2 aliphatic heterocycles. The molecule has 2 saturated heterocycles. The molecule has 2 aliphatic rings. The Morgan fingerprint density at radius 2 is 2.06 bits per heavy atom. The minimum absolute atomic E-state index is 0. The lowest BCUT2D eigenvalue weighted by Crippen LogP contribution is -2.47. The summed E-state index contributed by atoms with van der Waals surface area (Å²) in [6, 6.07) is 0.732. The Morgan fingerprint density at radius 1 is 1.24 bits per heavy atom. The molecule has 2 atom stereocenters. The van der Waals surface area contributed by atoms with E-state index >= 15 is 0 Å². The Labute approximate surface area is 118 Å². The lowest BCUT2D eigenvalue weighted by atomic mass is 9.97. The molecule has 0 bridgehead atoms. The maximum Gasteiger partial charge on any atom is 0.0192 e. The monoisotopic (exact) mass is 283 g/mol. The number of rotatable bonds is 3. The summed E-state index contributed by atoms with van der Waals surface area (Å²) in [6.45, 7) is 6.35. The van der Waals surface area contributed by atoms with E-state index in [0.29, 0.717) is 0 Å². The zero-order valence-electron chi connectivity index (χ0n) is 10.8. The smallest absolute Gasteiger partial charge is 0.0192 e. The van der Waals surface area contributed by atoms with Crippen LogP contribution in [0.3, 0.4) is 0 Å². The van der Waals surface area contributed by atoms with Gasteiger partial charge in [0.25, 0.3) is 0 Å². The Hall–Kier alpha value is 0.460. The van der Waals surface area contributed by atoms with Gasteiger partial charge in [0.15, 0.2) is 0 Å². The Morgan fingerprint density at radius 3 is 2.71 bits per heavy atom. The Balaban J connectivity index is 0.00000128. The average molecular weight is 284 g/mol. The Kier molecular flexibility index (Phi) is 9.65. The maximum absolute atomic E-state index is 3.51. The van der Waals surface area contributed by atoms with Crippen LogP contribution < -0.4 is 10.6 Å². The van der Waals surface area contributed by atoms with Crippen LogP contribution in [-0.4, -0.2) is 50.7 Å². The van der Waals surface area contributed by atoms with E-state index in [9.17, 15) is 0 Å². The van der Waals surface area contributed by atoms with Crippen LogP contribution in [0.2, 0.25) is 0 Å². The quantitative estimate of drug-likeness (QED) is 0.823. The second-order valence-corrected chi connectivity index (χ2v) is 5.10. The molecule has 0 radical (unpaired) electrons. The van der Waals surface area contributed by atoms with Crippen molar-refractivity contribution < 1.29 is 0 Å². The standard InChI is InChI=1S/C12H25N3.2ClH/c1-13-12-5-3-7-15(10-12)9-11-4-2-6-14-8-11;;/h11-14H,2-10H2,1H3;2*1H. The highest BCUT2D eigenvalue weighted by atomic mass is 35.5. The first-order valence-electron chi connectivity index (χ1n) is 6.49. The fourth-order valence-electron chi connectivity index (χ4n) is 2.90. The van der Waals surface area contributed by atoms with Gasteiger partial charge in [-0.1, -0.05) is 0 Å². The van der Waals surface area contributed by atoms with Gasteiger partial charge in [-0.05, 0) is 58.3 Å². The molecule has 0 aliphatic carbocycles. The van der Waals surface area contributed by atoms with Crippen molar-refractivity contribution >= 4 is 24.8 Å². The highest BCUT2D eigenvalue weighted by molar-refractivity contribution is 5.85. The van der Waals surface area contributed by atoms with Gasteiger partial charge in [-0.3, -0.25) is 0 Å². The number of likely N-dealkylation sites (tertiary alicyclic amines) is 1. The van der Waals surface area contributed by atoms with Crippen LogP contribution in [0.15, 0.2) is 0 Å². The highest BCUT2D eigenvalue weighted by Gasteiger charge is 2.22. The molecule has 104 valence electrons. The SMILES string of the molecule is CNC1CCCN(CC2CCCNC2)C1.Cl.Cl. The zero-order valence-corrected chi connectivity index (χ0v) is 12.4. The minimum atomic E-state index is 0. The van der Waals surface area contributed by atoms with E-state index in [2.05, 4.69) is 22.6 Å². The second-order valence-electron chi connectivity index (χ2n) is 5.10. The molecule has 0 aromatic heterocycles. The van der Waals surface area contributed by atoms with Gasteiger partial charge >= 0.3 is 0 Å². The molecule has 2 heterocycles.